The summed E-state index contributed by atoms with van der Waals surface area (Å²) in [5, 5.41) is 2.70. The van der Waals surface area contributed by atoms with Crippen molar-refractivity contribution in [3.05, 3.63) is 41.6 Å². The van der Waals surface area contributed by atoms with Gasteiger partial charge in [-0.05, 0) is 30.7 Å². The zero-order valence-corrected chi connectivity index (χ0v) is 15.1. The van der Waals surface area contributed by atoms with Crippen LogP contribution in [0.25, 0.3) is 0 Å². The summed E-state index contributed by atoms with van der Waals surface area (Å²) < 4.78 is 47.7. The lowest BCUT2D eigenvalue weighted by atomic mass is 10.1. The lowest BCUT2D eigenvalue weighted by molar-refractivity contribution is -0.105. The van der Waals surface area contributed by atoms with Crippen molar-refractivity contribution in [2.75, 3.05) is 25.3 Å². The number of hydrogen-bond donors (Lipinski definition) is 1. The molecular weight excluding hydrogens is 369 g/mol. The van der Waals surface area contributed by atoms with Gasteiger partial charge in [-0.25, -0.2) is 4.98 Å². The molecule has 26 heavy (non-hydrogen) atoms. The van der Waals surface area contributed by atoms with Gasteiger partial charge < -0.3 is 14.8 Å². The van der Waals surface area contributed by atoms with Gasteiger partial charge in [0, 0.05) is 18.0 Å². The summed E-state index contributed by atoms with van der Waals surface area (Å²) in [5.74, 6) is -0.755. The summed E-state index contributed by atoms with van der Waals surface area (Å²) in [6.07, 6.45) is -3.01. The molecule has 1 heterocycles. The SMILES string of the molecule is COc1cc(C)c(NC(=O)c2cccnc2SCC(F)(F)F)cc1OC. The van der Waals surface area contributed by atoms with Crippen LogP contribution in [0.1, 0.15) is 15.9 Å². The second kappa shape index (κ2) is 8.31. The summed E-state index contributed by atoms with van der Waals surface area (Å²) >= 11 is 0.469. The topological polar surface area (TPSA) is 60.5 Å². The van der Waals surface area contributed by atoms with Crippen LogP contribution in [0.3, 0.4) is 0 Å². The molecule has 0 atom stereocenters. The van der Waals surface area contributed by atoms with E-state index in [1.807, 2.05) is 0 Å². The van der Waals surface area contributed by atoms with Gasteiger partial charge in [0.1, 0.15) is 5.03 Å². The number of aromatic nitrogens is 1. The van der Waals surface area contributed by atoms with Gasteiger partial charge in [0.15, 0.2) is 11.5 Å². The van der Waals surface area contributed by atoms with Crippen molar-refractivity contribution >= 4 is 23.4 Å². The molecule has 1 amide bonds. The number of aryl methyl sites for hydroxylation is 1. The molecule has 0 aliphatic heterocycles. The normalized spacial score (nSPS) is 11.2. The van der Waals surface area contributed by atoms with Crippen LogP contribution in [0.15, 0.2) is 35.5 Å². The number of pyridine rings is 1. The van der Waals surface area contributed by atoms with Crippen LogP contribution in [-0.2, 0) is 0 Å². The number of carbonyl (C=O) groups is 1. The van der Waals surface area contributed by atoms with Gasteiger partial charge in [-0.1, -0.05) is 11.8 Å². The Hall–Kier alpha value is -2.42. The molecule has 0 saturated carbocycles. The number of amides is 1. The summed E-state index contributed by atoms with van der Waals surface area (Å²) in [6, 6.07) is 6.20. The smallest absolute Gasteiger partial charge is 0.398 e. The molecular formula is C17H17F3N2O3S. The Morgan fingerprint density at radius 2 is 1.88 bits per heavy atom. The molecule has 0 fully saturated rings. The number of rotatable bonds is 6. The van der Waals surface area contributed by atoms with Crippen molar-refractivity contribution in [2.24, 2.45) is 0 Å². The first kappa shape index (κ1) is 19.9. The Morgan fingerprint density at radius 3 is 2.50 bits per heavy atom. The second-order valence-electron chi connectivity index (χ2n) is 5.24. The number of ether oxygens (including phenoxy) is 2. The van der Waals surface area contributed by atoms with E-state index in [4.69, 9.17) is 9.47 Å². The van der Waals surface area contributed by atoms with E-state index in [0.717, 1.165) is 0 Å². The minimum atomic E-state index is -4.35. The van der Waals surface area contributed by atoms with Gasteiger partial charge in [-0.2, -0.15) is 13.2 Å². The maximum atomic E-state index is 12.5. The van der Waals surface area contributed by atoms with Gasteiger partial charge in [-0.3, -0.25) is 4.79 Å². The quantitative estimate of drug-likeness (QED) is 0.750. The zero-order valence-electron chi connectivity index (χ0n) is 14.3. The first-order chi connectivity index (χ1) is 12.2. The number of nitrogens with zero attached hydrogens (tertiary/aromatic N) is 1. The summed E-state index contributed by atoms with van der Waals surface area (Å²) in [6.45, 7) is 1.76. The van der Waals surface area contributed by atoms with E-state index in [1.54, 1.807) is 19.1 Å². The maximum absolute atomic E-state index is 12.5. The third kappa shape index (κ3) is 5.04. The molecule has 140 valence electrons. The van der Waals surface area contributed by atoms with E-state index in [0.29, 0.717) is 34.5 Å². The Bertz CT molecular complexity index is 797. The van der Waals surface area contributed by atoms with E-state index in [9.17, 15) is 18.0 Å². The number of thioether (sulfide) groups is 1. The highest BCUT2D eigenvalue weighted by Gasteiger charge is 2.28. The van der Waals surface area contributed by atoms with Crippen molar-refractivity contribution in [3.63, 3.8) is 0 Å². The molecule has 0 saturated heterocycles. The van der Waals surface area contributed by atoms with Gasteiger partial charge in [0.25, 0.3) is 5.91 Å². The van der Waals surface area contributed by atoms with Crippen LogP contribution in [0.5, 0.6) is 11.5 Å². The largest absolute Gasteiger partial charge is 0.493 e. The van der Waals surface area contributed by atoms with Crippen LogP contribution in [0.4, 0.5) is 18.9 Å². The fourth-order valence-corrected chi connectivity index (χ4v) is 2.89. The molecule has 0 aliphatic rings. The highest BCUT2D eigenvalue weighted by Crippen LogP contribution is 2.34. The van der Waals surface area contributed by atoms with Crippen molar-refractivity contribution in [3.8, 4) is 11.5 Å². The number of benzene rings is 1. The van der Waals surface area contributed by atoms with Crippen molar-refractivity contribution in [2.45, 2.75) is 18.1 Å². The fourth-order valence-electron chi connectivity index (χ4n) is 2.13. The first-order valence-electron chi connectivity index (χ1n) is 7.43. The summed E-state index contributed by atoms with van der Waals surface area (Å²) in [5.41, 5.74) is 1.24. The van der Waals surface area contributed by atoms with E-state index in [2.05, 4.69) is 10.3 Å². The molecule has 0 radical (unpaired) electrons. The number of halogens is 3. The molecule has 0 bridgehead atoms. The average Bonchev–Trinajstić information content (AvgIpc) is 2.60. The van der Waals surface area contributed by atoms with E-state index in [1.165, 1.54) is 32.5 Å². The van der Waals surface area contributed by atoms with Gasteiger partial charge in [0.2, 0.25) is 0 Å². The summed E-state index contributed by atoms with van der Waals surface area (Å²) in [7, 11) is 2.96. The number of hydrogen-bond acceptors (Lipinski definition) is 5. The second-order valence-corrected chi connectivity index (χ2v) is 6.20. The lowest BCUT2D eigenvalue weighted by Crippen LogP contribution is -2.16. The molecule has 1 aromatic carbocycles. The minimum absolute atomic E-state index is 0.0143. The van der Waals surface area contributed by atoms with Gasteiger partial charge in [-0.15, -0.1) is 0 Å². The van der Waals surface area contributed by atoms with E-state index < -0.39 is 17.8 Å². The molecule has 5 nitrogen and oxygen atoms in total. The zero-order chi connectivity index (χ0) is 19.3. The Labute approximate surface area is 152 Å². The van der Waals surface area contributed by atoms with E-state index in [-0.39, 0.29) is 10.6 Å². The van der Waals surface area contributed by atoms with Gasteiger partial charge in [0.05, 0.1) is 25.5 Å². The molecule has 0 unspecified atom stereocenters. The predicted octanol–water partition coefficient (Wildman–Crippen LogP) is 4.31. The number of carbonyl (C=O) groups excluding carboxylic acids is 1. The average molecular weight is 386 g/mol. The molecule has 2 aromatic rings. The third-order valence-corrected chi connectivity index (χ3v) is 4.44. The molecule has 1 aromatic heterocycles. The van der Waals surface area contributed by atoms with Crippen LogP contribution in [0, 0.1) is 6.92 Å². The lowest BCUT2D eigenvalue weighted by Gasteiger charge is -2.14. The van der Waals surface area contributed by atoms with Crippen LogP contribution in [-0.4, -0.2) is 37.0 Å². The number of methoxy groups -OCH3 is 2. The Kier molecular flexibility index (Phi) is 6.36. The molecule has 1 N–H and O–H groups in total. The maximum Gasteiger partial charge on any atom is 0.398 e. The minimum Gasteiger partial charge on any atom is -0.493 e. The molecule has 9 heteroatoms. The highest BCUT2D eigenvalue weighted by atomic mass is 32.2. The fraction of sp³-hybridized carbons (Fsp3) is 0.294. The molecule has 0 aliphatic carbocycles. The summed E-state index contributed by atoms with van der Waals surface area (Å²) in [4.78, 5) is 16.4. The van der Waals surface area contributed by atoms with Crippen molar-refractivity contribution in [1.82, 2.24) is 4.98 Å². The monoisotopic (exact) mass is 386 g/mol. The Morgan fingerprint density at radius 1 is 1.23 bits per heavy atom. The van der Waals surface area contributed by atoms with Crippen LogP contribution in [0.2, 0.25) is 0 Å². The molecule has 0 spiro atoms. The standard InChI is InChI=1S/C17H17F3N2O3S/c1-10-7-13(24-2)14(25-3)8-12(10)22-15(23)11-5-4-6-21-16(11)26-9-17(18,19)20/h4-8H,9H2,1-3H3,(H,22,23). The number of nitrogens with one attached hydrogen (secondary N) is 1. The van der Waals surface area contributed by atoms with E-state index >= 15 is 0 Å². The predicted molar refractivity (Wildman–Crippen MR) is 93.3 cm³/mol. The third-order valence-electron chi connectivity index (χ3n) is 3.37. The first-order valence-corrected chi connectivity index (χ1v) is 8.42. The van der Waals surface area contributed by atoms with Crippen molar-refractivity contribution < 1.29 is 27.4 Å². The highest BCUT2D eigenvalue weighted by molar-refractivity contribution is 7.99. The van der Waals surface area contributed by atoms with Crippen molar-refractivity contribution in [1.29, 1.82) is 0 Å². The molecule has 2 rings (SSSR count). The van der Waals surface area contributed by atoms with Crippen LogP contribution < -0.4 is 14.8 Å². The number of alkyl halides is 3. The van der Waals surface area contributed by atoms with Gasteiger partial charge >= 0.3 is 6.18 Å². The number of anilines is 1. The Balaban J connectivity index is 2.26. The van der Waals surface area contributed by atoms with Crippen LogP contribution >= 0.6 is 11.8 Å².